The minimum atomic E-state index is -0.874. The highest BCUT2D eigenvalue weighted by Gasteiger charge is 2.72. The van der Waals surface area contributed by atoms with Crippen molar-refractivity contribution in [2.75, 3.05) is 0 Å². The molecule has 3 nitrogen and oxygen atoms in total. The monoisotopic (exact) mass is 210 g/mol. The van der Waals surface area contributed by atoms with Crippen LogP contribution < -0.4 is 0 Å². The number of aliphatic hydroxyl groups excluding tert-OH is 1. The third-order valence-corrected chi connectivity index (χ3v) is 5.66. The average molecular weight is 210 g/mol. The smallest absolute Gasteiger partial charge is 0.335 e. The van der Waals surface area contributed by atoms with Gasteiger partial charge in [-0.05, 0) is 24.2 Å². The number of esters is 1. The Hall–Kier alpha value is -0.570. The summed E-state index contributed by atoms with van der Waals surface area (Å²) in [5, 5.41) is 9.86. The lowest BCUT2D eigenvalue weighted by Crippen LogP contribution is -2.37. The molecule has 15 heavy (non-hydrogen) atoms. The molecule has 3 heteroatoms. The van der Waals surface area contributed by atoms with Crippen molar-refractivity contribution in [2.45, 2.75) is 45.8 Å². The summed E-state index contributed by atoms with van der Waals surface area (Å²) >= 11 is 0. The summed E-state index contributed by atoms with van der Waals surface area (Å²) in [4.78, 5) is 11.4. The lowest BCUT2D eigenvalue weighted by molar-refractivity contribution is -0.153. The first-order valence-electron chi connectivity index (χ1n) is 5.78. The zero-order valence-electron chi connectivity index (χ0n) is 9.49. The molecule has 2 saturated carbocycles. The van der Waals surface area contributed by atoms with E-state index < -0.39 is 12.1 Å². The molecular weight excluding hydrogens is 192 g/mol. The van der Waals surface area contributed by atoms with E-state index in [0.717, 1.165) is 12.8 Å². The molecule has 3 fully saturated rings. The number of hydrogen-bond acceptors (Lipinski definition) is 3. The van der Waals surface area contributed by atoms with E-state index in [1.54, 1.807) is 0 Å². The third kappa shape index (κ3) is 0.814. The molecule has 0 aromatic heterocycles. The minimum absolute atomic E-state index is 0.0475. The normalized spacial score (nSPS) is 55.6. The molecule has 0 radical (unpaired) electrons. The second-order valence-corrected chi connectivity index (χ2v) is 6.16. The van der Waals surface area contributed by atoms with E-state index in [1.807, 2.05) is 0 Å². The van der Waals surface area contributed by atoms with E-state index in [1.165, 1.54) is 0 Å². The standard InChI is InChI=1S/C12H18O3/c1-11(2)6-4-5-12(11,3)9-7(6)8(13)10(14)15-9/h6-9,13H,4-5H2,1-3H3. The number of hydrogen-bond donors (Lipinski definition) is 1. The summed E-state index contributed by atoms with van der Waals surface area (Å²) in [6.45, 7) is 6.72. The number of carbonyl (C=O) groups excluding carboxylic acids is 1. The second-order valence-electron chi connectivity index (χ2n) is 6.16. The maximum absolute atomic E-state index is 11.4. The Morgan fingerprint density at radius 1 is 1.40 bits per heavy atom. The van der Waals surface area contributed by atoms with Crippen LogP contribution in [0.5, 0.6) is 0 Å². The molecule has 84 valence electrons. The van der Waals surface area contributed by atoms with Gasteiger partial charge in [-0.1, -0.05) is 20.8 Å². The molecule has 3 aliphatic rings. The average Bonchev–Trinajstić information content (AvgIpc) is 2.61. The summed E-state index contributed by atoms with van der Waals surface area (Å²) in [6.07, 6.45) is 1.32. The Labute approximate surface area is 89.8 Å². The van der Waals surface area contributed by atoms with Gasteiger partial charge in [0.15, 0.2) is 6.10 Å². The van der Waals surface area contributed by atoms with Crippen molar-refractivity contribution in [1.29, 1.82) is 0 Å². The van der Waals surface area contributed by atoms with E-state index in [-0.39, 0.29) is 22.9 Å². The topological polar surface area (TPSA) is 46.5 Å². The molecule has 0 spiro atoms. The highest BCUT2D eigenvalue weighted by molar-refractivity contribution is 5.78. The van der Waals surface area contributed by atoms with Gasteiger partial charge in [0.1, 0.15) is 6.10 Å². The predicted octanol–water partition coefficient (Wildman–Crippen LogP) is 1.34. The molecular formula is C12H18O3. The van der Waals surface area contributed by atoms with Gasteiger partial charge in [0, 0.05) is 11.3 Å². The zero-order valence-corrected chi connectivity index (χ0v) is 9.49. The van der Waals surface area contributed by atoms with Crippen LogP contribution in [0.1, 0.15) is 33.6 Å². The van der Waals surface area contributed by atoms with E-state index in [9.17, 15) is 9.90 Å². The number of aliphatic hydroxyl groups is 1. The molecule has 3 rings (SSSR count). The van der Waals surface area contributed by atoms with E-state index >= 15 is 0 Å². The molecule has 0 aromatic rings. The molecule has 5 atom stereocenters. The van der Waals surface area contributed by atoms with Crippen LogP contribution in [0, 0.1) is 22.7 Å². The van der Waals surface area contributed by atoms with Gasteiger partial charge in [-0.25, -0.2) is 4.79 Å². The van der Waals surface area contributed by atoms with E-state index in [4.69, 9.17) is 4.74 Å². The van der Waals surface area contributed by atoms with E-state index in [0.29, 0.717) is 5.92 Å². The van der Waals surface area contributed by atoms with Gasteiger partial charge in [0.05, 0.1) is 0 Å². The van der Waals surface area contributed by atoms with Crippen LogP contribution in [0.4, 0.5) is 0 Å². The fourth-order valence-corrected chi connectivity index (χ4v) is 4.33. The van der Waals surface area contributed by atoms with E-state index in [2.05, 4.69) is 20.8 Å². The summed E-state index contributed by atoms with van der Waals surface area (Å²) in [6, 6.07) is 0. The summed E-state index contributed by atoms with van der Waals surface area (Å²) in [5.41, 5.74) is 0.249. The zero-order chi connectivity index (χ0) is 11.0. The Balaban J connectivity index is 2.08. The fraction of sp³-hybridized carbons (Fsp3) is 0.917. The number of carbonyl (C=O) groups is 1. The highest BCUT2D eigenvalue weighted by atomic mass is 16.6. The number of rotatable bonds is 0. The predicted molar refractivity (Wildman–Crippen MR) is 54.0 cm³/mol. The molecule has 2 aliphatic carbocycles. The van der Waals surface area contributed by atoms with Gasteiger partial charge in [-0.15, -0.1) is 0 Å². The van der Waals surface area contributed by atoms with Crippen molar-refractivity contribution < 1.29 is 14.6 Å². The first kappa shape index (κ1) is 9.64. The SMILES string of the molecule is CC1(C)C2CCC1(C)C1OC(=O)C(O)C21. The highest BCUT2D eigenvalue weighted by Crippen LogP contribution is 2.70. The van der Waals surface area contributed by atoms with Crippen LogP contribution in [0.25, 0.3) is 0 Å². The summed E-state index contributed by atoms with van der Waals surface area (Å²) in [5.74, 6) is 0.0822. The molecule has 1 heterocycles. The maximum atomic E-state index is 11.4. The largest absolute Gasteiger partial charge is 0.459 e. The van der Waals surface area contributed by atoms with Crippen LogP contribution in [0.3, 0.4) is 0 Å². The van der Waals surface area contributed by atoms with Gasteiger partial charge in [0.25, 0.3) is 0 Å². The number of fused-ring (bicyclic) bond motifs is 5. The van der Waals surface area contributed by atoms with Crippen molar-refractivity contribution in [2.24, 2.45) is 22.7 Å². The van der Waals surface area contributed by atoms with Crippen molar-refractivity contribution >= 4 is 5.97 Å². The lowest BCUT2D eigenvalue weighted by atomic mass is 9.70. The van der Waals surface area contributed by atoms with Crippen LogP contribution >= 0.6 is 0 Å². The van der Waals surface area contributed by atoms with Crippen molar-refractivity contribution in [3.05, 3.63) is 0 Å². The summed E-state index contributed by atoms with van der Waals surface area (Å²) in [7, 11) is 0. The first-order valence-corrected chi connectivity index (χ1v) is 5.78. The Bertz CT molecular complexity index is 336. The van der Waals surface area contributed by atoms with Gasteiger partial charge in [0.2, 0.25) is 0 Å². The van der Waals surface area contributed by atoms with Crippen molar-refractivity contribution in [3.63, 3.8) is 0 Å². The van der Waals surface area contributed by atoms with Gasteiger partial charge in [-0.2, -0.15) is 0 Å². The molecule has 1 N–H and O–H groups in total. The number of ether oxygens (including phenoxy) is 1. The molecule has 1 aliphatic heterocycles. The van der Waals surface area contributed by atoms with Crippen LogP contribution in [0.15, 0.2) is 0 Å². The molecule has 0 amide bonds. The Morgan fingerprint density at radius 3 is 2.67 bits per heavy atom. The molecule has 1 saturated heterocycles. The minimum Gasteiger partial charge on any atom is -0.459 e. The van der Waals surface area contributed by atoms with Crippen molar-refractivity contribution in [3.8, 4) is 0 Å². The maximum Gasteiger partial charge on any atom is 0.335 e. The van der Waals surface area contributed by atoms with Gasteiger partial charge >= 0.3 is 5.97 Å². The first-order chi connectivity index (χ1) is 6.89. The van der Waals surface area contributed by atoms with Crippen molar-refractivity contribution in [1.82, 2.24) is 0 Å². The van der Waals surface area contributed by atoms with Crippen LogP contribution in [-0.2, 0) is 9.53 Å². The van der Waals surface area contributed by atoms with Gasteiger partial charge < -0.3 is 9.84 Å². The quantitative estimate of drug-likeness (QED) is 0.614. The molecule has 5 unspecified atom stereocenters. The van der Waals surface area contributed by atoms with Crippen LogP contribution in [0.2, 0.25) is 0 Å². The Morgan fingerprint density at radius 2 is 2.07 bits per heavy atom. The third-order valence-electron chi connectivity index (χ3n) is 5.66. The van der Waals surface area contributed by atoms with Gasteiger partial charge in [-0.3, -0.25) is 0 Å². The molecule has 2 bridgehead atoms. The second kappa shape index (κ2) is 2.40. The summed E-state index contributed by atoms with van der Waals surface area (Å²) < 4.78 is 5.38. The fourth-order valence-electron chi connectivity index (χ4n) is 4.33. The van der Waals surface area contributed by atoms with Crippen LogP contribution in [-0.4, -0.2) is 23.3 Å². The molecule has 0 aromatic carbocycles. The lowest BCUT2D eigenvalue weighted by Gasteiger charge is -2.37. The Kier molecular flexibility index (Phi) is 1.54.